The summed E-state index contributed by atoms with van der Waals surface area (Å²) in [4.78, 5) is 25.4. The molecule has 0 bridgehead atoms. The average Bonchev–Trinajstić information content (AvgIpc) is 3.29. The lowest BCUT2D eigenvalue weighted by atomic mass is 10.1. The number of aryl methyl sites for hydroxylation is 1. The average molecular weight is 371 g/mol. The fourth-order valence-corrected chi connectivity index (χ4v) is 4.76. The molecule has 1 amide bonds. The maximum Gasteiger partial charge on any atom is 0.261 e. The molecule has 3 rings (SSSR count). The van der Waals surface area contributed by atoms with Crippen molar-refractivity contribution in [3.8, 4) is 0 Å². The van der Waals surface area contributed by atoms with Crippen molar-refractivity contribution < 1.29 is 14.0 Å². The monoisotopic (exact) mass is 371 g/mol. The first-order chi connectivity index (χ1) is 12.1. The SMILES string of the molecule is Cc1ccc(NC(=O)C(C(=O)/C=C/c2ccco2)=C2SCCS2)cc1. The highest BCUT2D eigenvalue weighted by Crippen LogP contribution is 2.39. The second kappa shape index (κ2) is 8.27. The quantitative estimate of drug-likeness (QED) is 0.476. The molecule has 25 heavy (non-hydrogen) atoms. The van der Waals surface area contributed by atoms with Gasteiger partial charge in [-0.1, -0.05) is 17.7 Å². The van der Waals surface area contributed by atoms with E-state index in [0.29, 0.717) is 11.4 Å². The van der Waals surface area contributed by atoms with Crippen molar-refractivity contribution in [1.82, 2.24) is 0 Å². The number of ketones is 1. The van der Waals surface area contributed by atoms with Crippen LogP contribution in [0.15, 0.2) is 63.0 Å². The van der Waals surface area contributed by atoms with Gasteiger partial charge in [-0.2, -0.15) is 0 Å². The molecule has 1 fully saturated rings. The molecule has 1 aromatic heterocycles. The molecule has 6 heteroatoms. The molecule has 1 aliphatic heterocycles. The van der Waals surface area contributed by atoms with Crippen LogP contribution in [0.2, 0.25) is 0 Å². The zero-order chi connectivity index (χ0) is 17.6. The fraction of sp³-hybridized carbons (Fsp3) is 0.158. The Morgan fingerprint density at radius 2 is 1.84 bits per heavy atom. The van der Waals surface area contributed by atoms with E-state index in [1.165, 1.54) is 12.3 Å². The first-order valence-electron chi connectivity index (χ1n) is 7.77. The minimum absolute atomic E-state index is 0.191. The zero-order valence-corrected chi connectivity index (χ0v) is 15.3. The number of carbonyl (C=O) groups is 2. The second-order valence-electron chi connectivity index (χ2n) is 5.39. The van der Waals surface area contributed by atoms with E-state index in [1.54, 1.807) is 41.7 Å². The van der Waals surface area contributed by atoms with Gasteiger partial charge >= 0.3 is 0 Å². The Balaban J connectivity index is 1.82. The standard InChI is InChI=1S/C19H17NO3S2/c1-13-4-6-14(7-5-13)20-18(22)17(19-24-11-12-25-19)16(21)9-8-15-3-2-10-23-15/h2-10H,11-12H2,1H3,(H,20,22)/b9-8+. The number of amides is 1. The molecular formula is C19H17NO3S2. The van der Waals surface area contributed by atoms with Gasteiger partial charge in [0.1, 0.15) is 11.3 Å². The van der Waals surface area contributed by atoms with Crippen LogP contribution in [0, 0.1) is 6.92 Å². The van der Waals surface area contributed by atoms with E-state index in [9.17, 15) is 9.59 Å². The van der Waals surface area contributed by atoms with E-state index in [2.05, 4.69) is 5.32 Å². The highest BCUT2D eigenvalue weighted by atomic mass is 32.2. The number of hydrogen-bond donors (Lipinski definition) is 1. The van der Waals surface area contributed by atoms with Gasteiger partial charge in [-0.25, -0.2) is 0 Å². The third kappa shape index (κ3) is 4.67. The number of anilines is 1. The summed E-state index contributed by atoms with van der Waals surface area (Å²) in [5.74, 6) is 1.67. The van der Waals surface area contributed by atoms with Gasteiger partial charge < -0.3 is 9.73 Å². The predicted octanol–water partition coefficient (Wildman–Crippen LogP) is 4.50. The Bertz CT molecular complexity index is 813. The molecule has 1 aromatic carbocycles. The predicted molar refractivity (Wildman–Crippen MR) is 104 cm³/mol. The molecule has 0 unspecified atom stereocenters. The number of nitrogens with one attached hydrogen (secondary N) is 1. The largest absolute Gasteiger partial charge is 0.465 e. The van der Waals surface area contributed by atoms with E-state index >= 15 is 0 Å². The topological polar surface area (TPSA) is 59.3 Å². The Morgan fingerprint density at radius 1 is 1.12 bits per heavy atom. The van der Waals surface area contributed by atoms with Crippen LogP contribution < -0.4 is 5.32 Å². The summed E-state index contributed by atoms with van der Waals surface area (Å²) in [5.41, 5.74) is 1.97. The summed E-state index contributed by atoms with van der Waals surface area (Å²) in [7, 11) is 0. The molecular weight excluding hydrogens is 354 g/mol. The highest BCUT2D eigenvalue weighted by Gasteiger charge is 2.25. The van der Waals surface area contributed by atoms with Crippen LogP contribution >= 0.6 is 23.5 Å². The number of rotatable bonds is 5. The number of benzene rings is 1. The van der Waals surface area contributed by atoms with Gasteiger partial charge in [0.2, 0.25) is 0 Å². The van der Waals surface area contributed by atoms with Crippen LogP contribution in [0.3, 0.4) is 0 Å². The molecule has 0 aliphatic carbocycles. The normalized spacial score (nSPS) is 14.0. The molecule has 0 atom stereocenters. The summed E-state index contributed by atoms with van der Waals surface area (Å²) in [6.45, 7) is 1.98. The second-order valence-corrected chi connectivity index (χ2v) is 7.86. The van der Waals surface area contributed by atoms with Gasteiger partial charge in [0.25, 0.3) is 5.91 Å². The van der Waals surface area contributed by atoms with Crippen molar-refractivity contribution >= 4 is 47.0 Å². The maximum absolute atomic E-state index is 12.7. The van der Waals surface area contributed by atoms with Crippen LogP contribution in [0.1, 0.15) is 11.3 Å². The van der Waals surface area contributed by atoms with Gasteiger partial charge in [-0.3, -0.25) is 9.59 Å². The summed E-state index contributed by atoms with van der Waals surface area (Å²) in [6, 6.07) is 11.0. The van der Waals surface area contributed by atoms with Crippen molar-refractivity contribution in [1.29, 1.82) is 0 Å². The van der Waals surface area contributed by atoms with E-state index in [4.69, 9.17) is 4.42 Å². The summed E-state index contributed by atoms with van der Waals surface area (Å²) >= 11 is 3.09. The summed E-state index contributed by atoms with van der Waals surface area (Å²) in [6.07, 6.45) is 4.50. The number of furan rings is 1. The summed E-state index contributed by atoms with van der Waals surface area (Å²) in [5, 5.41) is 2.82. The van der Waals surface area contributed by atoms with Gasteiger partial charge in [-0.15, -0.1) is 23.5 Å². The first kappa shape index (κ1) is 17.6. The number of hydrogen-bond acceptors (Lipinski definition) is 5. The van der Waals surface area contributed by atoms with Gasteiger partial charge in [-0.05, 0) is 43.3 Å². The van der Waals surface area contributed by atoms with Crippen molar-refractivity contribution in [2.24, 2.45) is 0 Å². The van der Waals surface area contributed by atoms with Crippen molar-refractivity contribution in [3.05, 3.63) is 69.9 Å². The molecule has 2 heterocycles. The number of carbonyl (C=O) groups excluding carboxylic acids is 2. The Hall–Kier alpha value is -2.18. The van der Waals surface area contributed by atoms with Gasteiger partial charge in [0.05, 0.1) is 10.5 Å². The van der Waals surface area contributed by atoms with Crippen molar-refractivity contribution in [2.45, 2.75) is 6.92 Å². The molecule has 1 aliphatic rings. The van der Waals surface area contributed by atoms with E-state index < -0.39 is 0 Å². The molecule has 2 aromatic rings. The summed E-state index contributed by atoms with van der Waals surface area (Å²) < 4.78 is 5.97. The molecule has 128 valence electrons. The maximum atomic E-state index is 12.7. The molecule has 1 N–H and O–H groups in total. The van der Waals surface area contributed by atoms with E-state index in [0.717, 1.165) is 21.3 Å². The fourth-order valence-electron chi connectivity index (χ4n) is 2.22. The third-order valence-electron chi connectivity index (χ3n) is 3.48. The first-order valence-corrected chi connectivity index (χ1v) is 9.74. The molecule has 0 radical (unpaired) electrons. The third-order valence-corrected chi connectivity index (χ3v) is 6.19. The highest BCUT2D eigenvalue weighted by molar-refractivity contribution is 8.25. The lowest BCUT2D eigenvalue weighted by molar-refractivity contribution is -0.117. The van der Waals surface area contributed by atoms with E-state index in [1.807, 2.05) is 31.2 Å². The molecule has 0 saturated carbocycles. The Kier molecular flexibility index (Phi) is 5.83. The minimum atomic E-state index is -0.380. The van der Waals surface area contributed by atoms with Crippen LogP contribution in [-0.4, -0.2) is 23.2 Å². The van der Waals surface area contributed by atoms with Crippen molar-refractivity contribution in [3.63, 3.8) is 0 Å². The molecule has 4 nitrogen and oxygen atoms in total. The Labute approximate surface area is 154 Å². The molecule has 0 spiro atoms. The minimum Gasteiger partial charge on any atom is -0.465 e. The lowest BCUT2D eigenvalue weighted by Gasteiger charge is -2.09. The van der Waals surface area contributed by atoms with E-state index in [-0.39, 0.29) is 17.3 Å². The van der Waals surface area contributed by atoms with Crippen LogP contribution in [0.25, 0.3) is 6.08 Å². The molecule has 1 saturated heterocycles. The Morgan fingerprint density at radius 3 is 2.48 bits per heavy atom. The van der Waals surface area contributed by atoms with Crippen LogP contribution in [0.5, 0.6) is 0 Å². The van der Waals surface area contributed by atoms with Gasteiger partial charge in [0.15, 0.2) is 5.78 Å². The van der Waals surface area contributed by atoms with Crippen LogP contribution in [-0.2, 0) is 9.59 Å². The number of allylic oxidation sites excluding steroid dienone is 1. The van der Waals surface area contributed by atoms with Crippen LogP contribution in [0.4, 0.5) is 5.69 Å². The zero-order valence-electron chi connectivity index (χ0n) is 13.7. The smallest absolute Gasteiger partial charge is 0.261 e. The number of thioether (sulfide) groups is 2. The van der Waals surface area contributed by atoms with Crippen molar-refractivity contribution in [2.75, 3.05) is 16.8 Å². The van der Waals surface area contributed by atoms with Gasteiger partial charge in [0, 0.05) is 17.2 Å². The lowest BCUT2D eigenvalue weighted by Crippen LogP contribution is -2.20.